The highest BCUT2D eigenvalue weighted by Crippen LogP contribution is 2.34. The number of thiophene rings is 1. The van der Waals surface area contributed by atoms with Crippen molar-refractivity contribution in [3.05, 3.63) is 45.6 Å². The molecule has 1 aromatic carbocycles. The van der Waals surface area contributed by atoms with Gasteiger partial charge in [0.1, 0.15) is 6.04 Å². The van der Waals surface area contributed by atoms with Crippen molar-refractivity contribution >= 4 is 29.4 Å². The lowest BCUT2D eigenvalue weighted by Gasteiger charge is -2.20. The van der Waals surface area contributed by atoms with Crippen LogP contribution < -0.4 is 20.2 Å². The molecule has 0 radical (unpaired) electrons. The quantitative estimate of drug-likeness (QED) is 0.551. The number of rotatable bonds is 7. The molecule has 1 aliphatic rings. The molecule has 2 N–H and O–H groups in total. The summed E-state index contributed by atoms with van der Waals surface area (Å²) in [5, 5.41) is 8.76. The highest BCUT2D eigenvalue weighted by Gasteiger charge is 2.24. The standard InChI is InChI=1S/C20H23N3O4S/c1-12(2)19(22-18(24)9-15-5-4-6-28-15)20(25)23-21-10-14-8-17-16(7-13(14)3)26-11-27-17/h4-8,10,12,19H,9,11H2,1-3H3,(H,22,24)(H,23,25)/b21-10-/t19-/m0/s1. The maximum atomic E-state index is 12.5. The normalized spacial score (nSPS) is 13.7. The van der Waals surface area contributed by atoms with Crippen molar-refractivity contribution < 1.29 is 19.1 Å². The number of aryl methyl sites for hydroxylation is 1. The predicted octanol–water partition coefficient (Wildman–Crippen LogP) is 2.62. The zero-order chi connectivity index (χ0) is 20.1. The van der Waals surface area contributed by atoms with E-state index in [0.29, 0.717) is 11.5 Å². The molecule has 148 valence electrons. The first kappa shape index (κ1) is 19.9. The third-order valence-electron chi connectivity index (χ3n) is 4.32. The largest absolute Gasteiger partial charge is 0.454 e. The molecule has 0 unspecified atom stereocenters. The number of fused-ring (bicyclic) bond motifs is 1. The summed E-state index contributed by atoms with van der Waals surface area (Å²) in [4.78, 5) is 25.7. The molecule has 2 amide bonds. The highest BCUT2D eigenvalue weighted by molar-refractivity contribution is 7.10. The minimum absolute atomic E-state index is 0.0743. The Bertz CT molecular complexity index is 878. The Morgan fingerprint density at radius 3 is 2.71 bits per heavy atom. The van der Waals surface area contributed by atoms with Crippen molar-refractivity contribution in [1.82, 2.24) is 10.7 Å². The Kier molecular flexibility index (Phi) is 6.30. The van der Waals surface area contributed by atoms with Gasteiger partial charge in [-0.3, -0.25) is 9.59 Å². The zero-order valence-electron chi connectivity index (χ0n) is 16.0. The number of carbonyl (C=O) groups excluding carboxylic acids is 2. The third-order valence-corrected chi connectivity index (χ3v) is 5.20. The predicted molar refractivity (Wildman–Crippen MR) is 108 cm³/mol. The van der Waals surface area contributed by atoms with Crippen LogP contribution in [-0.4, -0.2) is 30.9 Å². The van der Waals surface area contributed by atoms with Crippen LogP contribution in [-0.2, 0) is 16.0 Å². The van der Waals surface area contributed by atoms with Crippen molar-refractivity contribution in [1.29, 1.82) is 0 Å². The molecule has 0 fully saturated rings. The Labute approximate surface area is 167 Å². The van der Waals surface area contributed by atoms with Crippen molar-refractivity contribution in [2.75, 3.05) is 6.79 Å². The molecule has 0 aliphatic carbocycles. The molecule has 0 bridgehead atoms. The second-order valence-electron chi connectivity index (χ2n) is 6.84. The monoisotopic (exact) mass is 401 g/mol. The van der Waals surface area contributed by atoms with Crippen LogP contribution in [0, 0.1) is 12.8 Å². The number of carbonyl (C=O) groups is 2. The fourth-order valence-electron chi connectivity index (χ4n) is 2.76. The highest BCUT2D eigenvalue weighted by atomic mass is 32.1. The third kappa shape index (κ3) is 4.89. The van der Waals surface area contributed by atoms with Gasteiger partial charge in [0.25, 0.3) is 5.91 Å². The van der Waals surface area contributed by atoms with Crippen LogP contribution >= 0.6 is 11.3 Å². The topological polar surface area (TPSA) is 89.0 Å². The van der Waals surface area contributed by atoms with Gasteiger partial charge in [-0.2, -0.15) is 5.10 Å². The summed E-state index contributed by atoms with van der Waals surface area (Å²) in [6.07, 6.45) is 1.81. The number of ether oxygens (including phenoxy) is 2. The molecule has 2 heterocycles. The van der Waals surface area contributed by atoms with Crippen LogP contribution in [0.2, 0.25) is 0 Å². The SMILES string of the molecule is Cc1cc2c(cc1/C=N\NC(=O)[C@@H](NC(=O)Cc1cccs1)C(C)C)OCO2. The number of nitrogens with zero attached hydrogens (tertiary/aromatic N) is 1. The van der Waals surface area contributed by atoms with Crippen LogP contribution in [0.1, 0.15) is 29.9 Å². The Morgan fingerprint density at radius 2 is 2.04 bits per heavy atom. The summed E-state index contributed by atoms with van der Waals surface area (Å²) < 4.78 is 10.7. The van der Waals surface area contributed by atoms with Crippen molar-refractivity contribution in [2.45, 2.75) is 33.2 Å². The van der Waals surface area contributed by atoms with E-state index in [1.165, 1.54) is 11.3 Å². The number of hydrogen-bond donors (Lipinski definition) is 2. The van der Waals surface area contributed by atoms with Gasteiger partial charge in [0, 0.05) is 10.4 Å². The molecule has 1 aromatic heterocycles. The fraction of sp³-hybridized carbons (Fsp3) is 0.350. The number of hydrogen-bond acceptors (Lipinski definition) is 6. The summed E-state index contributed by atoms with van der Waals surface area (Å²) in [6, 6.07) is 6.81. The number of benzene rings is 1. The van der Waals surface area contributed by atoms with Gasteiger partial charge in [-0.05, 0) is 42.0 Å². The second kappa shape index (κ2) is 8.88. The van der Waals surface area contributed by atoms with Crippen LogP contribution in [0.15, 0.2) is 34.7 Å². The van der Waals surface area contributed by atoms with E-state index in [1.54, 1.807) is 6.21 Å². The van der Waals surface area contributed by atoms with Gasteiger partial charge < -0.3 is 14.8 Å². The molecule has 0 spiro atoms. The number of amides is 2. The summed E-state index contributed by atoms with van der Waals surface area (Å²) in [6.45, 7) is 5.88. The summed E-state index contributed by atoms with van der Waals surface area (Å²) >= 11 is 1.51. The van der Waals surface area contributed by atoms with Gasteiger partial charge in [0.05, 0.1) is 12.6 Å². The minimum Gasteiger partial charge on any atom is -0.454 e. The van der Waals surface area contributed by atoms with Crippen LogP contribution in [0.3, 0.4) is 0 Å². The van der Waals surface area contributed by atoms with E-state index in [-0.39, 0.29) is 30.9 Å². The molecule has 2 aromatic rings. The van der Waals surface area contributed by atoms with Crippen LogP contribution in [0.25, 0.3) is 0 Å². The molecular weight excluding hydrogens is 378 g/mol. The van der Waals surface area contributed by atoms with Gasteiger partial charge in [-0.25, -0.2) is 5.43 Å². The fourth-order valence-corrected chi connectivity index (χ4v) is 3.47. The summed E-state index contributed by atoms with van der Waals surface area (Å²) in [5.74, 6) is 0.733. The molecular formula is C20H23N3O4S. The molecule has 3 rings (SSSR count). The smallest absolute Gasteiger partial charge is 0.262 e. The van der Waals surface area contributed by atoms with Crippen LogP contribution in [0.5, 0.6) is 11.5 Å². The van der Waals surface area contributed by atoms with Gasteiger partial charge in [-0.15, -0.1) is 11.3 Å². The van der Waals surface area contributed by atoms with E-state index >= 15 is 0 Å². The Hall–Kier alpha value is -2.87. The maximum absolute atomic E-state index is 12.5. The van der Waals surface area contributed by atoms with Crippen molar-refractivity contribution in [3.63, 3.8) is 0 Å². The number of nitrogens with one attached hydrogen (secondary N) is 2. The first-order valence-electron chi connectivity index (χ1n) is 8.99. The van der Waals surface area contributed by atoms with E-state index in [4.69, 9.17) is 9.47 Å². The molecule has 1 aliphatic heterocycles. The average molecular weight is 401 g/mol. The lowest BCUT2D eigenvalue weighted by molar-refractivity contribution is -0.129. The van der Waals surface area contributed by atoms with E-state index in [9.17, 15) is 9.59 Å². The van der Waals surface area contributed by atoms with E-state index < -0.39 is 6.04 Å². The summed E-state index contributed by atoms with van der Waals surface area (Å²) in [5.41, 5.74) is 4.28. The Morgan fingerprint density at radius 1 is 1.29 bits per heavy atom. The average Bonchev–Trinajstić information content (AvgIpc) is 3.30. The van der Waals surface area contributed by atoms with Crippen molar-refractivity contribution in [2.24, 2.45) is 11.0 Å². The van der Waals surface area contributed by atoms with Gasteiger partial charge in [-0.1, -0.05) is 19.9 Å². The molecule has 0 saturated carbocycles. The maximum Gasteiger partial charge on any atom is 0.262 e. The molecule has 28 heavy (non-hydrogen) atoms. The van der Waals surface area contributed by atoms with E-state index in [1.807, 2.05) is 50.4 Å². The first-order chi connectivity index (χ1) is 13.4. The number of hydrazone groups is 1. The Balaban J connectivity index is 1.59. The molecule has 1 atom stereocenters. The lowest BCUT2D eigenvalue weighted by Crippen LogP contribution is -2.49. The molecule has 0 saturated heterocycles. The van der Waals surface area contributed by atoms with E-state index in [2.05, 4.69) is 15.8 Å². The van der Waals surface area contributed by atoms with Gasteiger partial charge in [0.2, 0.25) is 12.7 Å². The molecule has 7 nitrogen and oxygen atoms in total. The van der Waals surface area contributed by atoms with Gasteiger partial charge >= 0.3 is 0 Å². The second-order valence-corrected chi connectivity index (χ2v) is 7.87. The lowest BCUT2D eigenvalue weighted by atomic mass is 10.0. The van der Waals surface area contributed by atoms with E-state index in [0.717, 1.165) is 16.0 Å². The van der Waals surface area contributed by atoms with Gasteiger partial charge in [0.15, 0.2) is 11.5 Å². The first-order valence-corrected chi connectivity index (χ1v) is 9.87. The zero-order valence-corrected chi connectivity index (χ0v) is 16.8. The minimum atomic E-state index is -0.664. The van der Waals surface area contributed by atoms with Crippen molar-refractivity contribution in [3.8, 4) is 11.5 Å². The summed E-state index contributed by atoms with van der Waals surface area (Å²) in [7, 11) is 0. The molecule has 8 heteroatoms. The van der Waals surface area contributed by atoms with Crippen LogP contribution in [0.4, 0.5) is 0 Å².